The molecule has 0 aliphatic heterocycles. The summed E-state index contributed by atoms with van der Waals surface area (Å²) in [6, 6.07) is 71.1. The van der Waals surface area contributed by atoms with Crippen LogP contribution in [0.5, 0.6) is 0 Å². The van der Waals surface area contributed by atoms with Crippen LogP contribution in [0, 0.1) is 0 Å². The number of benzene rings is 9. The van der Waals surface area contributed by atoms with Crippen molar-refractivity contribution >= 4 is 119 Å². The molecule has 11 aromatic rings. The average molecular weight is 725 g/mol. The predicted octanol–water partition coefficient (Wildman–Crippen LogP) is 15.7. The quantitative estimate of drug-likeness (QED) is 0.158. The summed E-state index contributed by atoms with van der Waals surface area (Å²) in [5, 5.41) is 10.1. The molecule has 4 heteroatoms. The van der Waals surface area contributed by atoms with E-state index < -0.39 is 0 Å². The first-order chi connectivity index (χ1) is 26.8. The molecule has 0 bridgehead atoms. The smallest absolute Gasteiger partial charge is 0.0567 e. The third kappa shape index (κ3) is 5.07. The second kappa shape index (κ2) is 12.6. The standard InChI is InChI=1S/C50H32N2S2/c1-3-14-35(15-4-1)51(37-25-27-43-41-19-9-11-21-46(41)53-48(43)31-37)39-29-34-24-23-33-13-7-8-18-40(33)50(34)45(30-39)52(36-16-5-2-6-17-36)38-26-28-44-42-20-10-12-22-47(42)54-49(44)32-38/h1-32H. The van der Waals surface area contributed by atoms with Crippen LogP contribution in [0.3, 0.4) is 0 Å². The minimum absolute atomic E-state index is 1.10. The van der Waals surface area contributed by atoms with E-state index in [4.69, 9.17) is 0 Å². The molecule has 0 saturated carbocycles. The second-order valence-electron chi connectivity index (χ2n) is 13.7. The van der Waals surface area contributed by atoms with Crippen molar-refractivity contribution in [1.82, 2.24) is 0 Å². The van der Waals surface area contributed by atoms with E-state index in [9.17, 15) is 0 Å². The molecular formula is C50H32N2S2. The van der Waals surface area contributed by atoms with Crippen molar-refractivity contribution in [2.24, 2.45) is 0 Å². The Kier molecular flexibility index (Phi) is 7.25. The zero-order chi connectivity index (χ0) is 35.6. The highest BCUT2D eigenvalue weighted by Crippen LogP contribution is 2.48. The van der Waals surface area contributed by atoms with Gasteiger partial charge in [-0.2, -0.15) is 0 Å². The second-order valence-corrected chi connectivity index (χ2v) is 15.9. The molecule has 0 N–H and O–H groups in total. The van der Waals surface area contributed by atoms with E-state index in [0.717, 1.165) is 34.1 Å². The lowest BCUT2D eigenvalue weighted by atomic mass is 9.97. The van der Waals surface area contributed by atoms with Crippen molar-refractivity contribution in [1.29, 1.82) is 0 Å². The topological polar surface area (TPSA) is 6.48 Å². The summed E-state index contributed by atoms with van der Waals surface area (Å²) in [5.41, 5.74) is 6.72. The number of fused-ring (bicyclic) bond motifs is 9. The molecule has 2 nitrogen and oxygen atoms in total. The van der Waals surface area contributed by atoms with E-state index in [2.05, 4.69) is 204 Å². The van der Waals surface area contributed by atoms with Crippen LogP contribution in [0.2, 0.25) is 0 Å². The van der Waals surface area contributed by atoms with Gasteiger partial charge in [0.1, 0.15) is 0 Å². The summed E-state index contributed by atoms with van der Waals surface area (Å²) in [6.07, 6.45) is 0. The molecule has 11 rings (SSSR count). The molecule has 2 aromatic heterocycles. The van der Waals surface area contributed by atoms with Gasteiger partial charge in [0.15, 0.2) is 0 Å². The Labute approximate surface area is 321 Å². The largest absolute Gasteiger partial charge is 0.310 e. The van der Waals surface area contributed by atoms with E-state index >= 15 is 0 Å². The van der Waals surface area contributed by atoms with Crippen LogP contribution in [0.1, 0.15) is 0 Å². The number of nitrogens with zero attached hydrogens (tertiary/aromatic N) is 2. The van der Waals surface area contributed by atoms with Gasteiger partial charge in [-0.05, 0) is 89.0 Å². The molecule has 0 saturated heterocycles. The summed E-state index contributed by atoms with van der Waals surface area (Å²) < 4.78 is 5.18. The van der Waals surface area contributed by atoms with Gasteiger partial charge in [-0.3, -0.25) is 0 Å². The maximum atomic E-state index is 2.46. The summed E-state index contributed by atoms with van der Waals surface area (Å²) in [7, 11) is 0. The normalized spacial score (nSPS) is 11.7. The molecule has 0 fully saturated rings. The predicted molar refractivity (Wildman–Crippen MR) is 237 cm³/mol. The lowest BCUT2D eigenvalue weighted by molar-refractivity contribution is 1.27. The van der Waals surface area contributed by atoms with Crippen LogP contribution in [-0.4, -0.2) is 0 Å². The Morgan fingerprint density at radius 3 is 1.39 bits per heavy atom. The van der Waals surface area contributed by atoms with Crippen molar-refractivity contribution in [2.75, 3.05) is 9.80 Å². The molecule has 54 heavy (non-hydrogen) atoms. The minimum Gasteiger partial charge on any atom is -0.310 e. The molecule has 0 radical (unpaired) electrons. The number of para-hydroxylation sites is 2. The molecule has 0 unspecified atom stereocenters. The fourth-order valence-electron chi connectivity index (χ4n) is 8.15. The number of anilines is 6. The van der Waals surface area contributed by atoms with Gasteiger partial charge < -0.3 is 9.80 Å². The van der Waals surface area contributed by atoms with E-state index in [0.29, 0.717) is 0 Å². The highest BCUT2D eigenvalue weighted by atomic mass is 32.1. The molecule has 2 heterocycles. The van der Waals surface area contributed by atoms with Crippen molar-refractivity contribution in [2.45, 2.75) is 0 Å². The van der Waals surface area contributed by atoms with Gasteiger partial charge >= 0.3 is 0 Å². The Morgan fingerprint density at radius 1 is 0.278 bits per heavy atom. The van der Waals surface area contributed by atoms with Gasteiger partial charge in [0.05, 0.1) is 5.69 Å². The fraction of sp³-hybridized carbons (Fsp3) is 0. The summed E-state index contributed by atoms with van der Waals surface area (Å²) in [5.74, 6) is 0. The fourth-order valence-corrected chi connectivity index (χ4v) is 10.4. The van der Waals surface area contributed by atoms with Gasteiger partial charge in [-0.1, -0.05) is 121 Å². The first-order valence-electron chi connectivity index (χ1n) is 18.3. The van der Waals surface area contributed by atoms with E-state index in [1.807, 2.05) is 22.7 Å². The van der Waals surface area contributed by atoms with Crippen LogP contribution < -0.4 is 9.80 Å². The van der Waals surface area contributed by atoms with Crippen LogP contribution in [-0.2, 0) is 0 Å². The molecular weight excluding hydrogens is 693 g/mol. The first-order valence-corrected chi connectivity index (χ1v) is 19.9. The third-order valence-corrected chi connectivity index (χ3v) is 12.8. The zero-order valence-corrected chi connectivity index (χ0v) is 30.8. The van der Waals surface area contributed by atoms with Crippen LogP contribution in [0.25, 0.3) is 61.9 Å². The van der Waals surface area contributed by atoms with Crippen LogP contribution in [0.4, 0.5) is 34.1 Å². The van der Waals surface area contributed by atoms with Crippen LogP contribution in [0.15, 0.2) is 194 Å². The number of rotatable bonds is 6. The van der Waals surface area contributed by atoms with E-state index in [1.54, 1.807) is 0 Å². The monoisotopic (exact) mass is 724 g/mol. The summed E-state index contributed by atoms with van der Waals surface area (Å²) in [6.45, 7) is 0. The minimum atomic E-state index is 1.10. The van der Waals surface area contributed by atoms with Gasteiger partial charge in [-0.15, -0.1) is 22.7 Å². The van der Waals surface area contributed by atoms with Gasteiger partial charge in [0.25, 0.3) is 0 Å². The third-order valence-electron chi connectivity index (χ3n) is 10.6. The Hall–Kier alpha value is -6.46. The van der Waals surface area contributed by atoms with E-state index in [1.165, 1.54) is 61.9 Å². The average Bonchev–Trinajstić information content (AvgIpc) is 3.79. The van der Waals surface area contributed by atoms with Crippen molar-refractivity contribution in [3.05, 3.63) is 194 Å². The highest BCUT2D eigenvalue weighted by Gasteiger charge is 2.23. The van der Waals surface area contributed by atoms with Gasteiger partial charge in [0, 0.05) is 74.2 Å². The summed E-state index contributed by atoms with van der Waals surface area (Å²) >= 11 is 3.72. The van der Waals surface area contributed by atoms with Crippen molar-refractivity contribution in [3.63, 3.8) is 0 Å². The molecule has 0 aliphatic carbocycles. The maximum Gasteiger partial charge on any atom is 0.0567 e. The molecule has 254 valence electrons. The van der Waals surface area contributed by atoms with Crippen molar-refractivity contribution < 1.29 is 0 Å². The first kappa shape index (κ1) is 31.1. The van der Waals surface area contributed by atoms with Crippen molar-refractivity contribution in [3.8, 4) is 0 Å². The maximum absolute atomic E-state index is 2.46. The van der Waals surface area contributed by atoms with E-state index in [-0.39, 0.29) is 0 Å². The Bertz CT molecular complexity index is 3180. The summed E-state index contributed by atoms with van der Waals surface area (Å²) in [4.78, 5) is 4.88. The van der Waals surface area contributed by atoms with Crippen LogP contribution >= 0.6 is 22.7 Å². The Morgan fingerprint density at radius 2 is 0.759 bits per heavy atom. The number of hydrogen-bond acceptors (Lipinski definition) is 4. The molecule has 0 amide bonds. The zero-order valence-electron chi connectivity index (χ0n) is 29.2. The number of thiophene rings is 2. The lowest BCUT2D eigenvalue weighted by Gasteiger charge is -2.31. The number of hydrogen-bond donors (Lipinski definition) is 0. The Balaban J connectivity index is 1.20. The van der Waals surface area contributed by atoms with Gasteiger partial charge in [-0.25, -0.2) is 0 Å². The highest BCUT2D eigenvalue weighted by molar-refractivity contribution is 7.26. The molecule has 0 atom stereocenters. The molecule has 0 spiro atoms. The van der Waals surface area contributed by atoms with Gasteiger partial charge in [0.2, 0.25) is 0 Å². The SMILES string of the molecule is c1ccc(N(c2cc(N(c3ccccc3)c3ccc4c(c3)sc3ccccc34)c3c(ccc4ccccc43)c2)c2ccc3c(c2)sc2ccccc23)cc1. The molecule has 0 aliphatic rings. The molecule has 9 aromatic carbocycles. The lowest BCUT2D eigenvalue weighted by Crippen LogP contribution is -2.14.